The molecule has 2 N–H and O–H groups in total. The molecule has 0 saturated carbocycles. The number of carbonyl (C=O) groups excluding carboxylic acids is 1. The molecule has 0 heterocycles. The minimum absolute atomic E-state index is 0.0486. The van der Waals surface area contributed by atoms with Gasteiger partial charge in [-0.15, -0.1) is 0 Å². The molecule has 10 heteroatoms. The molecule has 0 aliphatic rings. The number of ether oxygens (including phenoxy) is 1. The third kappa shape index (κ3) is 4.26. The summed E-state index contributed by atoms with van der Waals surface area (Å²) < 4.78 is 73.9. The Balaban J connectivity index is 2.34. The zero-order chi connectivity index (χ0) is 23.7. The standard InChI is InChI=1S/C22H19F3N2O4S/c1-14-18(22(23,24)25)7-5-8-19(14)27(15-10-12-16(31-2)13-11-15)32(29,30)20-9-4-3-6-17(20)21(26)28/h3-13H,1-2H3,(H2,26,28). The number of methoxy groups -OCH3 is 1. The van der Waals surface area contributed by atoms with E-state index in [1.165, 1.54) is 68.6 Å². The molecule has 3 rings (SSSR count). The predicted octanol–water partition coefficient (Wildman–Crippen LogP) is 4.65. The minimum atomic E-state index is -4.69. The van der Waals surface area contributed by atoms with Crippen molar-refractivity contribution >= 4 is 27.3 Å². The molecule has 6 nitrogen and oxygen atoms in total. The summed E-state index contributed by atoms with van der Waals surface area (Å²) in [5.74, 6) is -0.566. The molecule has 0 atom stereocenters. The van der Waals surface area contributed by atoms with Crippen molar-refractivity contribution in [3.8, 4) is 5.75 Å². The van der Waals surface area contributed by atoms with Crippen molar-refractivity contribution in [3.05, 3.63) is 83.4 Å². The molecule has 3 aromatic rings. The molecule has 168 valence electrons. The second kappa shape index (κ2) is 8.54. The summed E-state index contributed by atoms with van der Waals surface area (Å²) in [4.78, 5) is 11.4. The van der Waals surface area contributed by atoms with Crippen LogP contribution < -0.4 is 14.8 Å². The van der Waals surface area contributed by atoms with Gasteiger partial charge in [0.2, 0.25) is 5.91 Å². The lowest BCUT2D eigenvalue weighted by molar-refractivity contribution is -0.138. The monoisotopic (exact) mass is 464 g/mol. The molecule has 0 unspecified atom stereocenters. The minimum Gasteiger partial charge on any atom is -0.497 e. The van der Waals surface area contributed by atoms with Crippen LogP contribution in [0.3, 0.4) is 0 Å². The van der Waals surface area contributed by atoms with Gasteiger partial charge < -0.3 is 10.5 Å². The Morgan fingerprint density at radius 1 is 0.969 bits per heavy atom. The van der Waals surface area contributed by atoms with Gasteiger partial charge in [-0.2, -0.15) is 13.2 Å². The number of nitrogens with zero attached hydrogens (tertiary/aromatic N) is 1. The Morgan fingerprint density at radius 3 is 2.16 bits per heavy atom. The van der Waals surface area contributed by atoms with Crippen LogP contribution >= 0.6 is 0 Å². The fourth-order valence-corrected chi connectivity index (χ4v) is 5.02. The van der Waals surface area contributed by atoms with Crippen LogP contribution in [0.2, 0.25) is 0 Å². The third-order valence-corrected chi connectivity index (χ3v) is 6.61. The first-order valence-electron chi connectivity index (χ1n) is 9.23. The number of rotatable bonds is 6. The van der Waals surface area contributed by atoms with Gasteiger partial charge in [0.25, 0.3) is 10.0 Å². The van der Waals surface area contributed by atoms with Crippen molar-refractivity contribution in [1.29, 1.82) is 0 Å². The van der Waals surface area contributed by atoms with E-state index in [-0.39, 0.29) is 22.5 Å². The number of hydrogen-bond donors (Lipinski definition) is 1. The normalized spacial score (nSPS) is 11.8. The number of nitrogens with two attached hydrogens (primary N) is 1. The molecule has 0 saturated heterocycles. The molecule has 32 heavy (non-hydrogen) atoms. The predicted molar refractivity (Wildman–Crippen MR) is 113 cm³/mol. The number of carbonyl (C=O) groups is 1. The van der Waals surface area contributed by atoms with Gasteiger partial charge in [0.15, 0.2) is 0 Å². The fourth-order valence-electron chi connectivity index (χ4n) is 3.27. The molecule has 0 aliphatic heterocycles. The Bertz CT molecular complexity index is 1260. The van der Waals surface area contributed by atoms with Gasteiger partial charge in [-0.05, 0) is 61.0 Å². The summed E-state index contributed by atoms with van der Waals surface area (Å²) in [7, 11) is -3.14. The van der Waals surface area contributed by atoms with E-state index in [9.17, 15) is 26.4 Å². The summed E-state index contributed by atoms with van der Waals surface area (Å²) in [6, 6.07) is 14.2. The van der Waals surface area contributed by atoms with Crippen LogP contribution in [0, 0.1) is 6.92 Å². The number of alkyl halides is 3. The molecule has 0 aromatic heterocycles. The van der Waals surface area contributed by atoms with Crippen LogP contribution in [0.15, 0.2) is 71.6 Å². The van der Waals surface area contributed by atoms with E-state index in [1.807, 2.05) is 0 Å². The maximum absolute atomic E-state index is 13.7. The maximum atomic E-state index is 13.7. The molecule has 0 radical (unpaired) electrons. The Kier molecular flexibility index (Phi) is 6.18. The summed E-state index contributed by atoms with van der Waals surface area (Å²) in [6.45, 7) is 1.18. The second-order valence-corrected chi connectivity index (χ2v) is 8.53. The highest BCUT2D eigenvalue weighted by Crippen LogP contribution is 2.41. The topological polar surface area (TPSA) is 89.7 Å². The lowest BCUT2D eigenvalue weighted by atomic mass is 10.1. The lowest BCUT2D eigenvalue weighted by Gasteiger charge is -2.28. The highest BCUT2D eigenvalue weighted by Gasteiger charge is 2.36. The van der Waals surface area contributed by atoms with Crippen LogP contribution in [0.5, 0.6) is 5.75 Å². The number of amides is 1. The van der Waals surface area contributed by atoms with Gasteiger partial charge in [-0.3, -0.25) is 4.79 Å². The molecule has 0 aliphatic carbocycles. The Labute approximate surface area is 183 Å². The smallest absolute Gasteiger partial charge is 0.416 e. The van der Waals surface area contributed by atoms with Crippen molar-refractivity contribution in [3.63, 3.8) is 0 Å². The molecule has 0 fully saturated rings. The van der Waals surface area contributed by atoms with Crippen LogP contribution in [0.4, 0.5) is 24.5 Å². The van der Waals surface area contributed by atoms with E-state index < -0.39 is 32.6 Å². The van der Waals surface area contributed by atoms with Crippen molar-refractivity contribution < 1.29 is 31.1 Å². The SMILES string of the molecule is COc1ccc(N(c2cccc(C(F)(F)F)c2C)S(=O)(=O)c2ccccc2C(N)=O)cc1. The van der Waals surface area contributed by atoms with Crippen molar-refractivity contribution in [2.45, 2.75) is 18.0 Å². The second-order valence-electron chi connectivity index (χ2n) is 6.78. The maximum Gasteiger partial charge on any atom is 0.416 e. The van der Waals surface area contributed by atoms with Crippen molar-refractivity contribution in [2.24, 2.45) is 5.73 Å². The summed E-state index contributed by atoms with van der Waals surface area (Å²) >= 11 is 0. The van der Waals surface area contributed by atoms with E-state index in [2.05, 4.69) is 0 Å². The Hall–Kier alpha value is -3.53. The van der Waals surface area contributed by atoms with Crippen LogP contribution in [-0.4, -0.2) is 21.4 Å². The van der Waals surface area contributed by atoms with E-state index >= 15 is 0 Å². The van der Waals surface area contributed by atoms with E-state index in [4.69, 9.17) is 10.5 Å². The average Bonchev–Trinajstić information content (AvgIpc) is 2.74. The van der Waals surface area contributed by atoms with Gasteiger partial charge >= 0.3 is 6.18 Å². The van der Waals surface area contributed by atoms with Gasteiger partial charge in [0, 0.05) is 0 Å². The van der Waals surface area contributed by atoms with E-state index in [1.54, 1.807) is 0 Å². The number of primary amides is 1. The Morgan fingerprint density at radius 2 is 1.59 bits per heavy atom. The number of anilines is 2. The van der Waals surface area contributed by atoms with E-state index in [0.717, 1.165) is 16.4 Å². The van der Waals surface area contributed by atoms with Crippen LogP contribution in [0.25, 0.3) is 0 Å². The molecular weight excluding hydrogens is 445 g/mol. The molecule has 1 amide bonds. The lowest BCUT2D eigenvalue weighted by Crippen LogP contribution is -2.30. The first-order valence-corrected chi connectivity index (χ1v) is 10.7. The average molecular weight is 464 g/mol. The van der Waals surface area contributed by atoms with Gasteiger partial charge in [-0.25, -0.2) is 12.7 Å². The fraction of sp³-hybridized carbons (Fsp3) is 0.136. The van der Waals surface area contributed by atoms with Crippen LogP contribution in [-0.2, 0) is 16.2 Å². The van der Waals surface area contributed by atoms with Crippen LogP contribution in [0.1, 0.15) is 21.5 Å². The summed E-state index contributed by atoms with van der Waals surface area (Å²) in [5.41, 5.74) is 3.62. The first kappa shape index (κ1) is 23.1. The van der Waals surface area contributed by atoms with Crippen molar-refractivity contribution in [2.75, 3.05) is 11.4 Å². The van der Waals surface area contributed by atoms with E-state index in [0.29, 0.717) is 5.75 Å². The summed E-state index contributed by atoms with van der Waals surface area (Å²) in [6.07, 6.45) is -4.69. The number of hydrogen-bond acceptors (Lipinski definition) is 4. The number of benzene rings is 3. The first-order chi connectivity index (χ1) is 15.0. The molecule has 3 aromatic carbocycles. The van der Waals surface area contributed by atoms with Gasteiger partial charge in [0.1, 0.15) is 10.6 Å². The van der Waals surface area contributed by atoms with Gasteiger partial charge in [0.05, 0.1) is 29.6 Å². The molecular formula is C22H19F3N2O4S. The largest absolute Gasteiger partial charge is 0.497 e. The summed E-state index contributed by atoms with van der Waals surface area (Å²) in [5, 5.41) is 0. The zero-order valence-electron chi connectivity index (χ0n) is 17.1. The highest BCUT2D eigenvalue weighted by atomic mass is 32.2. The molecule has 0 bridgehead atoms. The van der Waals surface area contributed by atoms with Gasteiger partial charge in [-0.1, -0.05) is 18.2 Å². The zero-order valence-corrected chi connectivity index (χ0v) is 17.9. The number of sulfonamides is 1. The highest BCUT2D eigenvalue weighted by molar-refractivity contribution is 7.93. The quantitative estimate of drug-likeness (QED) is 0.575. The number of halogens is 3. The molecule has 0 spiro atoms. The third-order valence-electron chi connectivity index (χ3n) is 4.81. The van der Waals surface area contributed by atoms with Crippen molar-refractivity contribution in [1.82, 2.24) is 0 Å².